The molecule has 106 valence electrons. The minimum absolute atomic E-state index is 0.125. The third kappa shape index (κ3) is 2.80. The van der Waals surface area contributed by atoms with E-state index in [0.717, 1.165) is 0 Å². The first-order valence-corrected chi connectivity index (χ1v) is 6.43. The molecule has 1 aliphatic rings. The molecule has 5 nitrogen and oxygen atoms in total. The summed E-state index contributed by atoms with van der Waals surface area (Å²) in [6, 6.07) is 0. The summed E-state index contributed by atoms with van der Waals surface area (Å²) in [5.41, 5.74) is -0.956. The number of hydrogen-bond donors (Lipinski definition) is 1. The van der Waals surface area contributed by atoms with E-state index in [1.54, 1.807) is 11.8 Å². The number of carbonyl (C=O) groups is 1. The average molecular weight is 295 g/mol. The normalized spacial score (nSPS) is 24.5. The largest absolute Gasteiger partial charge is 0.481 e. The molecule has 2 heterocycles. The van der Waals surface area contributed by atoms with Crippen LogP contribution in [0.15, 0.2) is 0 Å². The number of aromatic nitrogens is 2. The summed E-state index contributed by atoms with van der Waals surface area (Å²) in [5, 5.41) is 14.9. The Morgan fingerprint density at radius 1 is 1.47 bits per heavy atom. The molecule has 0 radical (unpaired) electrons. The summed E-state index contributed by atoms with van der Waals surface area (Å²) in [6.07, 6.45) is -3.41. The van der Waals surface area contributed by atoms with Crippen molar-refractivity contribution in [3.63, 3.8) is 0 Å². The van der Waals surface area contributed by atoms with Gasteiger partial charge in [-0.25, -0.2) is 0 Å². The van der Waals surface area contributed by atoms with Gasteiger partial charge in [-0.1, -0.05) is 11.3 Å². The highest BCUT2D eigenvalue weighted by atomic mass is 32.1. The van der Waals surface area contributed by atoms with Crippen LogP contribution < -0.4 is 4.90 Å². The van der Waals surface area contributed by atoms with Crippen LogP contribution in [0, 0.1) is 5.41 Å². The van der Waals surface area contributed by atoms with Crippen LogP contribution in [0.2, 0.25) is 0 Å². The Balaban J connectivity index is 2.18. The van der Waals surface area contributed by atoms with Crippen LogP contribution >= 0.6 is 11.3 Å². The summed E-state index contributed by atoms with van der Waals surface area (Å²) in [4.78, 5) is 12.7. The highest BCUT2D eigenvalue weighted by Crippen LogP contribution is 2.37. The molecular formula is C10H12F3N3O2S. The molecule has 1 fully saturated rings. The van der Waals surface area contributed by atoms with Crippen molar-refractivity contribution in [2.45, 2.75) is 25.9 Å². The minimum Gasteiger partial charge on any atom is -0.481 e. The van der Waals surface area contributed by atoms with E-state index in [-0.39, 0.29) is 11.7 Å². The van der Waals surface area contributed by atoms with Crippen LogP contribution in [0.5, 0.6) is 0 Å². The van der Waals surface area contributed by atoms with Gasteiger partial charge in [0.2, 0.25) is 10.1 Å². The van der Waals surface area contributed by atoms with Crippen molar-refractivity contribution in [1.29, 1.82) is 0 Å². The van der Waals surface area contributed by atoms with E-state index in [9.17, 15) is 18.0 Å². The maximum Gasteiger partial charge on any atom is 0.445 e. The first-order valence-electron chi connectivity index (χ1n) is 5.61. The van der Waals surface area contributed by atoms with Crippen molar-refractivity contribution in [3.05, 3.63) is 5.01 Å². The second-order valence-corrected chi connectivity index (χ2v) is 5.73. The zero-order valence-electron chi connectivity index (χ0n) is 10.1. The van der Waals surface area contributed by atoms with Crippen molar-refractivity contribution in [3.8, 4) is 0 Å². The summed E-state index contributed by atoms with van der Waals surface area (Å²) < 4.78 is 37.3. The van der Waals surface area contributed by atoms with Gasteiger partial charge in [0.15, 0.2) is 0 Å². The lowest BCUT2D eigenvalue weighted by Crippen LogP contribution is -2.46. The van der Waals surface area contributed by atoms with Crippen molar-refractivity contribution in [2.75, 3.05) is 18.0 Å². The van der Waals surface area contributed by atoms with Crippen molar-refractivity contribution >= 4 is 22.4 Å². The molecule has 2 rings (SSSR count). The third-order valence-electron chi connectivity index (χ3n) is 3.14. The molecule has 0 saturated carbocycles. The quantitative estimate of drug-likeness (QED) is 0.906. The topological polar surface area (TPSA) is 66.3 Å². The van der Waals surface area contributed by atoms with E-state index in [1.165, 1.54) is 0 Å². The first kappa shape index (κ1) is 14.0. The number of aliphatic carboxylic acids is 1. The van der Waals surface area contributed by atoms with E-state index >= 15 is 0 Å². The Morgan fingerprint density at radius 2 is 2.16 bits per heavy atom. The van der Waals surface area contributed by atoms with Gasteiger partial charge in [0, 0.05) is 13.1 Å². The number of anilines is 1. The summed E-state index contributed by atoms with van der Waals surface area (Å²) in [5.74, 6) is -0.947. The van der Waals surface area contributed by atoms with Gasteiger partial charge < -0.3 is 10.0 Å². The lowest BCUT2D eigenvalue weighted by molar-refractivity contribution is -0.148. The SMILES string of the molecule is CC1(C(=O)O)CCCN(c2nnc(C(F)(F)F)s2)C1. The molecule has 0 aliphatic carbocycles. The van der Waals surface area contributed by atoms with Crippen LogP contribution in [-0.4, -0.2) is 34.4 Å². The van der Waals surface area contributed by atoms with E-state index < -0.39 is 22.6 Å². The molecule has 1 atom stereocenters. The smallest absolute Gasteiger partial charge is 0.445 e. The second-order valence-electron chi connectivity index (χ2n) is 4.78. The van der Waals surface area contributed by atoms with Gasteiger partial charge in [0.1, 0.15) is 0 Å². The van der Waals surface area contributed by atoms with Crippen LogP contribution in [0.3, 0.4) is 0 Å². The molecule has 1 aliphatic heterocycles. The van der Waals surface area contributed by atoms with Crippen LogP contribution in [0.4, 0.5) is 18.3 Å². The number of nitrogens with zero attached hydrogens (tertiary/aromatic N) is 3. The number of carboxylic acid groups (broad SMARTS) is 1. The van der Waals surface area contributed by atoms with Gasteiger partial charge in [-0.15, -0.1) is 10.2 Å². The average Bonchev–Trinajstić information content (AvgIpc) is 2.77. The van der Waals surface area contributed by atoms with Gasteiger partial charge >= 0.3 is 12.1 Å². The molecular weight excluding hydrogens is 283 g/mol. The van der Waals surface area contributed by atoms with E-state index in [1.807, 2.05) is 0 Å². The van der Waals surface area contributed by atoms with E-state index in [0.29, 0.717) is 30.7 Å². The number of halogens is 3. The molecule has 19 heavy (non-hydrogen) atoms. The minimum atomic E-state index is -4.51. The molecule has 0 bridgehead atoms. The highest BCUT2D eigenvalue weighted by molar-refractivity contribution is 7.15. The maximum absolute atomic E-state index is 12.4. The Kier molecular flexibility index (Phi) is 3.41. The van der Waals surface area contributed by atoms with Gasteiger partial charge in [-0.05, 0) is 19.8 Å². The highest BCUT2D eigenvalue weighted by Gasteiger charge is 2.40. The number of carboxylic acids is 1. The Bertz CT molecular complexity index is 491. The molecule has 1 unspecified atom stereocenters. The van der Waals surface area contributed by atoms with Crippen LogP contribution in [-0.2, 0) is 11.0 Å². The Morgan fingerprint density at radius 3 is 2.68 bits per heavy atom. The van der Waals surface area contributed by atoms with E-state index in [2.05, 4.69) is 10.2 Å². The summed E-state index contributed by atoms with van der Waals surface area (Å²) >= 11 is 0.445. The number of rotatable bonds is 2. The third-order valence-corrected chi connectivity index (χ3v) is 4.17. The van der Waals surface area contributed by atoms with Gasteiger partial charge in [0.25, 0.3) is 0 Å². The van der Waals surface area contributed by atoms with Gasteiger partial charge in [0.05, 0.1) is 5.41 Å². The molecule has 1 saturated heterocycles. The maximum atomic E-state index is 12.4. The van der Waals surface area contributed by atoms with Crippen LogP contribution in [0.1, 0.15) is 24.8 Å². The molecule has 1 aromatic rings. The fraction of sp³-hybridized carbons (Fsp3) is 0.700. The zero-order valence-corrected chi connectivity index (χ0v) is 10.9. The summed E-state index contributed by atoms with van der Waals surface area (Å²) in [7, 11) is 0. The van der Waals surface area contributed by atoms with Crippen molar-refractivity contribution in [2.24, 2.45) is 5.41 Å². The molecule has 0 spiro atoms. The number of alkyl halides is 3. The van der Waals surface area contributed by atoms with Gasteiger partial charge in [-0.3, -0.25) is 4.79 Å². The predicted molar refractivity (Wildman–Crippen MR) is 62.1 cm³/mol. The summed E-state index contributed by atoms with van der Waals surface area (Å²) in [6.45, 7) is 2.23. The molecule has 1 aromatic heterocycles. The monoisotopic (exact) mass is 295 g/mol. The van der Waals surface area contributed by atoms with E-state index in [4.69, 9.17) is 5.11 Å². The first-order chi connectivity index (χ1) is 8.72. The molecule has 1 N–H and O–H groups in total. The molecule has 0 aromatic carbocycles. The second kappa shape index (κ2) is 4.62. The predicted octanol–water partition coefficient (Wildman–Crippen LogP) is 2.25. The van der Waals surface area contributed by atoms with Crippen molar-refractivity contribution in [1.82, 2.24) is 10.2 Å². The molecule has 0 amide bonds. The fourth-order valence-electron chi connectivity index (χ4n) is 2.04. The van der Waals surface area contributed by atoms with Crippen LogP contribution in [0.25, 0.3) is 0 Å². The standard InChI is InChI=1S/C10H12F3N3O2S/c1-9(7(17)18)3-2-4-16(5-9)8-15-14-6(19-8)10(11,12)13/h2-5H2,1H3,(H,17,18). The Labute approximate surface area is 111 Å². The lowest BCUT2D eigenvalue weighted by atomic mass is 9.82. The molecule has 9 heteroatoms. The van der Waals surface area contributed by atoms with Gasteiger partial charge in [-0.2, -0.15) is 13.2 Å². The fourth-order valence-corrected chi connectivity index (χ4v) is 2.77. The number of piperidine rings is 1. The lowest BCUT2D eigenvalue weighted by Gasteiger charge is -2.37. The Hall–Kier alpha value is -1.38. The number of hydrogen-bond acceptors (Lipinski definition) is 5. The zero-order chi connectivity index (χ0) is 14.3. The van der Waals surface area contributed by atoms with Crippen molar-refractivity contribution < 1.29 is 23.1 Å².